The standard InChI is InChI=1S/C19H21.Ti/c1-12(2)14-5-7-18-16(9-14)11-17-10-15(13(3)4)6-8-19(17)18;/h5-9,12-13H,11H2,1-4H3;/q-1;. The Balaban J connectivity index is 0.00000147. The van der Waals surface area contributed by atoms with E-state index in [-0.39, 0.29) is 21.7 Å². The Morgan fingerprint density at radius 2 is 1.60 bits per heavy atom. The number of benzene rings is 2. The third-order valence-electron chi connectivity index (χ3n) is 4.13. The summed E-state index contributed by atoms with van der Waals surface area (Å²) in [6.07, 6.45) is 1.05. The summed E-state index contributed by atoms with van der Waals surface area (Å²) in [6, 6.07) is 15.1. The summed E-state index contributed by atoms with van der Waals surface area (Å²) in [4.78, 5) is 0. The first kappa shape index (κ1) is 15.5. The summed E-state index contributed by atoms with van der Waals surface area (Å²) in [5, 5.41) is 0. The van der Waals surface area contributed by atoms with Crippen molar-refractivity contribution in [1.29, 1.82) is 0 Å². The van der Waals surface area contributed by atoms with Gasteiger partial charge in [-0.15, -0.1) is 11.1 Å². The fourth-order valence-electron chi connectivity index (χ4n) is 2.86. The first-order valence-electron chi connectivity index (χ1n) is 7.24. The molecule has 2 aromatic rings. The fourth-order valence-corrected chi connectivity index (χ4v) is 2.86. The van der Waals surface area contributed by atoms with E-state index in [1.54, 1.807) is 0 Å². The molecule has 2 aromatic carbocycles. The molecular weight excluding hydrogens is 276 g/mol. The van der Waals surface area contributed by atoms with Crippen molar-refractivity contribution in [2.45, 2.75) is 46.0 Å². The van der Waals surface area contributed by atoms with Crippen molar-refractivity contribution in [2.24, 2.45) is 0 Å². The van der Waals surface area contributed by atoms with Gasteiger partial charge >= 0.3 is 0 Å². The van der Waals surface area contributed by atoms with Gasteiger partial charge in [0.2, 0.25) is 0 Å². The van der Waals surface area contributed by atoms with Gasteiger partial charge in [-0.3, -0.25) is 0 Å². The van der Waals surface area contributed by atoms with Crippen molar-refractivity contribution >= 4 is 0 Å². The maximum absolute atomic E-state index is 3.62. The molecule has 0 aliphatic heterocycles. The zero-order valence-corrected chi connectivity index (χ0v) is 14.3. The summed E-state index contributed by atoms with van der Waals surface area (Å²) in [7, 11) is 0. The van der Waals surface area contributed by atoms with E-state index >= 15 is 0 Å². The van der Waals surface area contributed by atoms with Crippen LogP contribution < -0.4 is 0 Å². The molecule has 0 N–H and O–H groups in total. The average molecular weight is 297 g/mol. The van der Waals surface area contributed by atoms with Gasteiger partial charge in [-0.2, -0.15) is 23.8 Å². The van der Waals surface area contributed by atoms with Crippen molar-refractivity contribution < 1.29 is 21.7 Å². The van der Waals surface area contributed by atoms with E-state index in [0.717, 1.165) is 6.42 Å². The fraction of sp³-hybridized carbons (Fsp3) is 0.368. The first-order valence-corrected chi connectivity index (χ1v) is 7.24. The van der Waals surface area contributed by atoms with Gasteiger partial charge in [0.1, 0.15) is 0 Å². The number of hydrogen-bond donors (Lipinski definition) is 0. The second-order valence-electron chi connectivity index (χ2n) is 6.21. The largest absolute Gasteiger partial charge is 0.176 e. The summed E-state index contributed by atoms with van der Waals surface area (Å²) in [6.45, 7) is 8.98. The second-order valence-corrected chi connectivity index (χ2v) is 6.21. The molecule has 1 aliphatic carbocycles. The van der Waals surface area contributed by atoms with E-state index in [9.17, 15) is 0 Å². The molecule has 102 valence electrons. The van der Waals surface area contributed by atoms with Gasteiger partial charge in [0.15, 0.2) is 0 Å². The molecule has 0 atom stereocenters. The quantitative estimate of drug-likeness (QED) is 0.444. The van der Waals surface area contributed by atoms with E-state index < -0.39 is 0 Å². The van der Waals surface area contributed by atoms with Gasteiger partial charge in [0.25, 0.3) is 0 Å². The van der Waals surface area contributed by atoms with Crippen LogP contribution in [0.25, 0.3) is 11.1 Å². The molecule has 20 heavy (non-hydrogen) atoms. The van der Waals surface area contributed by atoms with Gasteiger partial charge in [0.05, 0.1) is 0 Å². The first-order chi connectivity index (χ1) is 9.06. The Morgan fingerprint density at radius 1 is 0.900 bits per heavy atom. The zero-order chi connectivity index (χ0) is 13.6. The monoisotopic (exact) mass is 297 g/mol. The topological polar surface area (TPSA) is 0 Å². The van der Waals surface area contributed by atoms with Crippen LogP contribution in [0.15, 0.2) is 30.3 Å². The number of hydrogen-bond acceptors (Lipinski definition) is 0. The van der Waals surface area contributed by atoms with Crippen molar-refractivity contribution in [3.63, 3.8) is 0 Å². The molecule has 3 rings (SSSR count). The SMILES string of the molecule is CC(C)c1[c-]c2c(cc1)-c1ccc(C(C)C)cc1C2.[Ti]. The van der Waals surface area contributed by atoms with Crippen LogP contribution in [0.4, 0.5) is 0 Å². The van der Waals surface area contributed by atoms with E-state index in [0.29, 0.717) is 11.8 Å². The van der Waals surface area contributed by atoms with Gasteiger partial charge < -0.3 is 0 Å². The third kappa shape index (κ3) is 2.64. The molecule has 0 nitrogen and oxygen atoms in total. The molecule has 1 aliphatic rings. The summed E-state index contributed by atoms with van der Waals surface area (Å²) in [5.41, 5.74) is 8.41. The Morgan fingerprint density at radius 3 is 2.25 bits per heavy atom. The molecule has 0 bridgehead atoms. The minimum atomic E-state index is 0. The molecule has 0 unspecified atom stereocenters. The summed E-state index contributed by atoms with van der Waals surface area (Å²) >= 11 is 0. The molecule has 0 spiro atoms. The predicted octanol–water partition coefficient (Wildman–Crippen LogP) is 5.30. The van der Waals surface area contributed by atoms with Crippen molar-refractivity contribution in [1.82, 2.24) is 0 Å². The van der Waals surface area contributed by atoms with Gasteiger partial charge in [-0.1, -0.05) is 51.5 Å². The van der Waals surface area contributed by atoms with Crippen LogP contribution in [0.1, 0.15) is 61.8 Å². The Kier molecular flexibility index (Phi) is 4.57. The Hall–Kier alpha value is -0.846. The van der Waals surface area contributed by atoms with E-state index in [1.165, 1.54) is 33.4 Å². The molecule has 1 heteroatoms. The minimum absolute atomic E-state index is 0. The van der Waals surface area contributed by atoms with Crippen LogP contribution in [0.5, 0.6) is 0 Å². The van der Waals surface area contributed by atoms with Gasteiger partial charge in [0, 0.05) is 21.7 Å². The van der Waals surface area contributed by atoms with Crippen LogP contribution >= 0.6 is 0 Å². The van der Waals surface area contributed by atoms with E-state index in [2.05, 4.69) is 64.1 Å². The molecule has 0 saturated heterocycles. The average Bonchev–Trinajstić information content (AvgIpc) is 2.74. The maximum atomic E-state index is 3.62. The van der Waals surface area contributed by atoms with E-state index in [4.69, 9.17) is 0 Å². The molecule has 0 amide bonds. The minimum Gasteiger partial charge on any atom is -0.176 e. The number of rotatable bonds is 2. The third-order valence-corrected chi connectivity index (χ3v) is 4.13. The summed E-state index contributed by atoms with van der Waals surface area (Å²) < 4.78 is 0. The summed E-state index contributed by atoms with van der Waals surface area (Å²) in [5.74, 6) is 1.16. The Labute approximate surface area is 137 Å². The smallest absolute Gasteiger partial charge is 0 e. The molecule has 0 fully saturated rings. The molecule has 0 heterocycles. The van der Waals surface area contributed by atoms with Gasteiger partial charge in [-0.05, 0) is 29.4 Å². The predicted molar refractivity (Wildman–Crippen MR) is 81.7 cm³/mol. The molecule has 0 radical (unpaired) electrons. The normalized spacial score (nSPS) is 12.3. The molecule has 0 aromatic heterocycles. The van der Waals surface area contributed by atoms with Crippen molar-refractivity contribution in [3.05, 3.63) is 58.7 Å². The number of fused-ring (bicyclic) bond motifs is 3. The van der Waals surface area contributed by atoms with Crippen molar-refractivity contribution in [2.75, 3.05) is 0 Å². The van der Waals surface area contributed by atoms with Crippen LogP contribution in [0, 0.1) is 6.07 Å². The zero-order valence-electron chi connectivity index (χ0n) is 12.7. The van der Waals surface area contributed by atoms with Gasteiger partial charge in [-0.25, -0.2) is 0 Å². The van der Waals surface area contributed by atoms with Crippen LogP contribution in [0.2, 0.25) is 0 Å². The van der Waals surface area contributed by atoms with Crippen molar-refractivity contribution in [3.8, 4) is 11.1 Å². The molecular formula is C19H21Ti-. The van der Waals surface area contributed by atoms with Crippen LogP contribution in [-0.4, -0.2) is 0 Å². The van der Waals surface area contributed by atoms with Crippen LogP contribution in [0.3, 0.4) is 0 Å². The van der Waals surface area contributed by atoms with Crippen LogP contribution in [-0.2, 0) is 28.1 Å². The second kappa shape index (κ2) is 5.88. The molecule has 0 saturated carbocycles. The maximum Gasteiger partial charge on any atom is 0 e. The Bertz CT molecular complexity index is 568. The van der Waals surface area contributed by atoms with E-state index in [1.807, 2.05) is 0 Å².